The van der Waals surface area contributed by atoms with E-state index in [1.807, 2.05) is 6.07 Å². The Morgan fingerprint density at radius 2 is 2.04 bits per heavy atom. The molecule has 1 atom stereocenters. The van der Waals surface area contributed by atoms with Gasteiger partial charge in [0.2, 0.25) is 0 Å². The number of hydrogen-bond donors (Lipinski definition) is 2. The van der Waals surface area contributed by atoms with Gasteiger partial charge in [-0.05, 0) is 37.3 Å². The molecule has 3 heterocycles. The van der Waals surface area contributed by atoms with Crippen molar-refractivity contribution in [3.05, 3.63) is 46.8 Å². The Balaban J connectivity index is 1.66. The first-order chi connectivity index (χ1) is 11.6. The second-order valence-electron chi connectivity index (χ2n) is 6.36. The van der Waals surface area contributed by atoms with Gasteiger partial charge in [0.15, 0.2) is 0 Å². The van der Waals surface area contributed by atoms with Gasteiger partial charge in [-0.1, -0.05) is 0 Å². The molecular formula is C17H18N4O3. The van der Waals surface area contributed by atoms with Gasteiger partial charge in [-0.3, -0.25) is 9.78 Å². The molecule has 2 aromatic heterocycles. The van der Waals surface area contributed by atoms with Crippen LogP contribution in [0.5, 0.6) is 0 Å². The summed E-state index contributed by atoms with van der Waals surface area (Å²) in [6.07, 6.45) is 7.44. The van der Waals surface area contributed by atoms with Crippen LogP contribution in [0.1, 0.15) is 45.8 Å². The Bertz CT molecular complexity index is 814. The van der Waals surface area contributed by atoms with E-state index in [1.54, 1.807) is 6.20 Å². The van der Waals surface area contributed by atoms with Crippen molar-refractivity contribution in [3.8, 4) is 0 Å². The lowest BCUT2D eigenvalue weighted by Crippen LogP contribution is -2.48. The number of aromatic amines is 1. The highest BCUT2D eigenvalue weighted by Crippen LogP contribution is 2.25. The third kappa shape index (κ3) is 2.46. The molecule has 0 bridgehead atoms. The van der Waals surface area contributed by atoms with Crippen molar-refractivity contribution in [1.29, 1.82) is 0 Å². The third-order valence-electron chi connectivity index (χ3n) is 4.86. The quantitative estimate of drug-likeness (QED) is 0.867. The molecule has 1 aliphatic heterocycles. The lowest BCUT2D eigenvalue weighted by Gasteiger charge is -2.32. The van der Waals surface area contributed by atoms with E-state index < -0.39 is 12.0 Å². The molecule has 4 rings (SSSR count). The van der Waals surface area contributed by atoms with Crippen LogP contribution in [0.4, 0.5) is 0 Å². The topological polar surface area (TPSA) is 99.2 Å². The number of amides is 1. The number of aryl methyl sites for hydroxylation is 2. The summed E-state index contributed by atoms with van der Waals surface area (Å²) in [5, 5.41) is 9.51. The van der Waals surface area contributed by atoms with Crippen LogP contribution < -0.4 is 0 Å². The van der Waals surface area contributed by atoms with Crippen LogP contribution in [0, 0.1) is 0 Å². The maximum Gasteiger partial charge on any atom is 0.326 e. The summed E-state index contributed by atoms with van der Waals surface area (Å²) in [4.78, 5) is 37.5. The average Bonchev–Trinajstić information content (AvgIpc) is 3.07. The molecule has 0 saturated heterocycles. The van der Waals surface area contributed by atoms with E-state index in [0.717, 1.165) is 48.3 Å². The SMILES string of the molecule is O=C(O)C1Cc2nc[nH]c2CN1C(=O)c1cnc2c(c1)CCCC2. The highest BCUT2D eigenvalue weighted by atomic mass is 16.4. The summed E-state index contributed by atoms with van der Waals surface area (Å²) in [5.41, 5.74) is 4.15. The number of imidazole rings is 1. The van der Waals surface area contributed by atoms with Crippen molar-refractivity contribution in [3.63, 3.8) is 0 Å². The predicted octanol–water partition coefficient (Wildman–Crippen LogP) is 1.34. The Morgan fingerprint density at radius 1 is 1.21 bits per heavy atom. The van der Waals surface area contributed by atoms with Crippen molar-refractivity contribution in [1.82, 2.24) is 19.9 Å². The number of aromatic nitrogens is 3. The number of carboxylic acid groups (broad SMARTS) is 1. The number of rotatable bonds is 2. The number of aliphatic carboxylic acids is 1. The second-order valence-corrected chi connectivity index (χ2v) is 6.36. The summed E-state index contributed by atoms with van der Waals surface area (Å²) in [7, 11) is 0. The lowest BCUT2D eigenvalue weighted by atomic mass is 9.94. The maximum absolute atomic E-state index is 12.9. The van der Waals surface area contributed by atoms with E-state index in [-0.39, 0.29) is 18.9 Å². The minimum absolute atomic E-state index is 0.221. The van der Waals surface area contributed by atoms with E-state index >= 15 is 0 Å². The number of hydrogen-bond acceptors (Lipinski definition) is 4. The standard InChI is InChI=1S/C17H18N4O3/c22-16(11-5-10-3-1-2-4-12(10)18-7-11)21-8-14-13(19-9-20-14)6-15(21)17(23)24/h5,7,9,15H,1-4,6,8H2,(H,19,20)(H,23,24). The van der Waals surface area contributed by atoms with Gasteiger partial charge in [-0.15, -0.1) is 0 Å². The number of nitrogens with one attached hydrogen (secondary N) is 1. The van der Waals surface area contributed by atoms with E-state index in [2.05, 4.69) is 15.0 Å². The van der Waals surface area contributed by atoms with Gasteiger partial charge >= 0.3 is 5.97 Å². The lowest BCUT2D eigenvalue weighted by molar-refractivity contribution is -0.142. The molecular weight excluding hydrogens is 308 g/mol. The molecule has 0 spiro atoms. The van der Waals surface area contributed by atoms with Crippen LogP contribution in [0.3, 0.4) is 0 Å². The molecule has 0 radical (unpaired) electrons. The summed E-state index contributed by atoms with van der Waals surface area (Å²) >= 11 is 0. The van der Waals surface area contributed by atoms with E-state index in [0.29, 0.717) is 5.56 Å². The molecule has 0 aromatic carbocycles. The highest BCUT2D eigenvalue weighted by Gasteiger charge is 2.36. The highest BCUT2D eigenvalue weighted by molar-refractivity contribution is 5.96. The van der Waals surface area contributed by atoms with Crippen LogP contribution in [0.25, 0.3) is 0 Å². The summed E-state index contributed by atoms with van der Waals surface area (Å²) in [5.74, 6) is -1.30. The van der Waals surface area contributed by atoms with Gasteiger partial charge in [-0.25, -0.2) is 9.78 Å². The molecule has 24 heavy (non-hydrogen) atoms. The molecule has 0 saturated carbocycles. The van der Waals surface area contributed by atoms with Crippen LogP contribution in [-0.4, -0.2) is 42.9 Å². The van der Waals surface area contributed by atoms with Gasteiger partial charge in [0.25, 0.3) is 5.91 Å². The number of carbonyl (C=O) groups is 2. The molecule has 2 aliphatic rings. The van der Waals surface area contributed by atoms with Gasteiger partial charge in [0.1, 0.15) is 6.04 Å². The second kappa shape index (κ2) is 5.74. The monoisotopic (exact) mass is 326 g/mol. The fourth-order valence-corrected chi connectivity index (χ4v) is 3.54. The zero-order chi connectivity index (χ0) is 16.7. The summed E-state index contributed by atoms with van der Waals surface area (Å²) in [6, 6.07) is 0.981. The largest absolute Gasteiger partial charge is 0.480 e. The van der Waals surface area contributed by atoms with Gasteiger partial charge in [-0.2, -0.15) is 0 Å². The minimum Gasteiger partial charge on any atom is -0.480 e. The Labute approximate surface area is 138 Å². The summed E-state index contributed by atoms with van der Waals surface area (Å²) < 4.78 is 0. The first-order valence-corrected chi connectivity index (χ1v) is 8.16. The zero-order valence-corrected chi connectivity index (χ0v) is 13.2. The molecule has 2 N–H and O–H groups in total. The van der Waals surface area contributed by atoms with E-state index in [4.69, 9.17) is 0 Å². The predicted molar refractivity (Wildman–Crippen MR) is 84.5 cm³/mol. The van der Waals surface area contributed by atoms with Crippen molar-refractivity contribution in [2.24, 2.45) is 0 Å². The zero-order valence-electron chi connectivity index (χ0n) is 13.2. The number of fused-ring (bicyclic) bond motifs is 2. The molecule has 1 aliphatic carbocycles. The van der Waals surface area contributed by atoms with Gasteiger partial charge in [0, 0.05) is 18.3 Å². The molecule has 1 unspecified atom stereocenters. The summed E-state index contributed by atoms with van der Waals surface area (Å²) in [6.45, 7) is 0.224. The Kier molecular flexibility index (Phi) is 3.55. The number of carbonyl (C=O) groups excluding carboxylic acids is 1. The first kappa shape index (κ1) is 14.9. The maximum atomic E-state index is 12.9. The third-order valence-corrected chi connectivity index (χ3v) is 4.86. The van der Waals surface area contributed by atoms with Crippen molar-refractivity contribution in [2.45, 2.75) is 44.7 Å². The number of carboxylic acids is 1. The van der Waals surface area contributed by atoms with Crippen LogP contribution in [0.15, 0.2) is 18.6 Å². The molecule has 7 heteroatoms. The van der Waals surface area contributed by atoms with Crippen molar-refractivity contribution >= 4 is 11.9 Å². The number of pyridine rings is 1. The van der Waals surface area contributed by atoms with Gasteiger partial charge in [0.05, 0.1) is 29.8 Å². The van der Waals surface area contributed by atoms with Crippen LogP contribution >= 0.6 is 0 Å². The van der Waals surface area contributed by atoms with Crippen molar-refractivity contribution in [2.75, 3.05) is 0 Å². The smallest absolute Gasteiger partial charge is 0.326 e. The molecule has 0 fully saturated rings. The van der Waals surface area contributed by atoms with Crippen molar-refractivity contribution < 1.29 is 14.7 Å². The fraction of sp³-hybridized carbons (Fsp3) is 0.412. The van der Waals surface area contributed by atoms with E-state index in [1.165, 1.54) is 11.2 Å². The molecule has 1 amide bonds. The molecule has 7 nitrogen and oxygen atoms in total. The van der Waals surface area contributed by atoms with E-state index in [9.17, 15) is 14.7 Å². The first-order valence-electron chi connectivity index (χ1n) is 8.16. The molecule has 2 aromatic rings. The van der Waals surface area contributed by atoms with Gasteiger partial charge < -0.3 is 15.0 Å². The minimum atomic E-state index is -1.01. The van der Waals surface area contributed by atoms with Crippen LogP contribution in [-0.2, 0) is 30.6 Å². The Morgan fingerprint density at radius 3 is 2.88 bits per heavy atom. The van der Waals surface area contributed by atoms with Crippen LogP contribution in [0.2, 0.25) is 0 Å². The fourth-order valence-electron chi connectivity index (χ4n) is 3.54. The molecule has 124 valence electrons. The number of nitrogens with zero attached hydrogens (tertiary/aromatic N) is 3. The number of H-pyrrole nitrogens is 1. The normalized spacial score (nSPS) is 19.5. The Hall–Kier alpha value is -2.70. The average molecular weight is 326 g/mol.